The lowest BCUT2D eigenvalue weighted by Crippen LogP contribution is -2.42. The van der Waals surface area contributed by atoms with Gasteiger partial charge in [0.05, 0.1) is 0 Å². The van der Waals surface area contributed by atoms with Gasteiger partial charge in [-0.2, -0.15) is 0 Å². The molecule has 0 aromatic heterocycles. The van der Waals surface area contributed by atoms with Crippen LogP contribution in [-0.4, -0.2) is 41.5 Å². The number of unbranched alkanes of at least 4 members (excludes halogenated alkanes) is 2. The highest BCUT2D eigenvalue weighted by molar-refractivity contribution is 5.85. The van der Waals surface area contributed by atoms with Crippen LogP contribution in [0.5, 0.6) is 0 Å². The zero-order valence-electron chi connectivity index (χ0n) is 16.9. The van der Waals surface area contributed by atoms with Gasteiger partial charge in [-0.25, -0.2) is 0 Å². The summed E-state index contributed by atoms with van der Waals surface area (Å²) in [5.74, 6) is -0.659. The van der Waals surface area contributed by atoms with Crippen molar-refractivity contribution in [1.29, 1.82) is 0 Å². The van der Waals surface area contributed by atoms with Crippen molar-refractivity contribution in [2.24, 2.45) is 0 Å². The number of ketones is 1. The smallest absolute Gasteiger partial charge is 0.324 e. The number of hydrogen-bond donors (Lipinski definition) is 1. The van der Waals surface area contributed by atoms with Crippen molar-refractivity contribution in [3.8, 4) is 0 Å². The third-order valence-corrected chi connectivity index (χ3v) is 3.05. The Balaban J connectivity index is 4.12. The Morgan fingerprint density at radius 1 is 0.880 bits per heavy atom. The van der Waals surface area contributed by atoms with Gasteiger partial charge in [-0.05, 0) is 67.9 Å². The summed E-state index contributed by atoms with van der Waals surface area (Å²) in [5, 5.41) is 3.09. The highest BCUT2D eigenvalue weighted by atomic mass is 16.6. The summed E-state index contributed by atoms with van der Waals surface area (Å²) in [6, 6.07) is -0.623. The fourth-order valence-electron chi connectivity index (χ4n) is 2.14. The lowest BCUT2D eigenvalue weighted by Gasteiger charge is -2.24. The van der Waals surface area contributed by atoms with Gasteiger partial charge in [-0.1, -0.05) is 6.42 Å². The summed E-state index contributed by atoms with van der Waals surface area (Å²) in [5.41, 5.74) is -1.03. The molecule has 0 aromatic carbocycles. The van der Waals surface area contributed by atoms with Crippen molar-refractivity contribution in [3.63, 3.8) is 0 Å². The molecule has 1 N–H and O–H groups in total. The normalized spacial score (nSPS) is 13.2. The van der Waals surface area contributed by atoms with E-state index in [-0.39, 0.29) is 18.2 Å². The molecular formula is C19H35NO5. The Hall–Kier alpha value is -1.43. The van der Waals surface area contributed by atoms with Crippen molar-refractivity contribution in [3.05, 3.63) is 0 Å². The number of rotatable bonds is 10. The average Bonchev–Trinajstić information content (AvgIpc) is 2.36. The van der Waals surface area contributed by atoms with Crippen LogP contribution < -0.4 is 5.32 Å². The second-order valence-electron chi connectivity index (χ2n) is 8.34. The topological polar surface area (TPSA) is 81.7 Å². The van der Waals surface area contributed by atoms with Gasteiger partial charge in [0, 0.05) is 12.8 Å². The van der Waals surface area contributed by atoms with E-state index in [2.05, 4.69) is 5.32 Å². The Kier molecular flexibility index (Phi) is 9.93. The summed E-state index contributed by atoms with van der Waals surface area (Å²) in [4.78, 5) is 35.1. The van der Waals surface area contributed by atoms with Gasteiger partial charge >= 0.3 is 11.9 Å². The predicted molar refractivity (Wildman–Crippen MR) is 97.2 cm³/mol. The van der Waals surface area contributed by atoms with E-state index in [4.69, 9.17) is 9.47 Å². The first-order valence-corrected chi connectivity index (χ1v) is 8.98. The highest BCUT2D eigenvalue weighted by Crippen LogP contribution is 2.12. The van der Waals surface area contributed by atoms with E-state index in [1.54, 1.807) is 20.8 Å². The van der Waals surface area contributed by atoms with E-state index in [1.807, 2.05) is 20.8 Å². The molecule has 146 valence electrons. The maximum absolute atomic E-state index is 12.1. The van der Waals surface area contributed by atoms with E-state index in [9.17, 15) is 14.4 Å². The molecular weight excluding hydrogens is 322 g/mol. The van der Waals surface area contributed by atoms with Crippen molar-refractivity contribution in [2.45, 2.75) is 97.8 Å². The molecule has 0 aliphatic rings. The van der Waals surface area contributed by atoms with E-state index in [0.717, 1.165) is 19.3 Å². The van der Waals surface area contributed by atoms with Crippen LogP contribution in [0.4, 0.5) is 0 Å². The standard InChI is InChI=1S/C19H35NO5/c1-14(21)13-15(17(23)25-19(5,6)7)20-12-10-8-9-11-16(22)24-18(2,3)4/h15,20H,8-13H2,1-7H3/t15-/m0/s1. The van der Waals surface area contributed by atoms with E-state index < -0.39 is 23.2 Å². The van der Waals surface area contributed by atoms with Gasteiger partial charge in [0.2, 0.25) is 0 Å². The van der Waals surface area contributed by atoms with Crippen LogP contribution in [0.25, 0.3) is 0 Å². The van der Waals surface area contributed by atoms with Crippen LogP contribution in [-0.2, 0) is 23.9 Å². The van der Waals surface area contributed by atoms with Gasteiger partial charge < -0.3 is 14.8 Å². The largest absolute Gasteiger partial charge is 0.460 e. The molecule has 25 heavy (non-hydrogen) atoms. The molecule has 0 aliphatic carbocycles. The monoisotopic (exact) mass is 357 g/mol. The predicted octanol–water partition coefficient (Wildman–Crippen LogP) is 3.17. The minimum absolute atomic E-state index is 0.0618. The maximum atomic E-state index is 12.1. The Labute approximate surface area is 152 Å². The summed E-state index contributed by atoms with van der Waals surface area (Å²) in [6.45, 7) is 13.0. The number of esters is 2. The van der Waals surface area contributed by atoms with Crippen LogP contribution in [0.3, 0.4) is 0 Å². The van der Waals surface area contributed by atoms with Gasteiger partial charge in [0.15, 0.2) is 0 Å². The Bertz CT molecular complexity index is 446. The van der Waals surface area contributed by atoms with Crippen molar-refractivity contribution in [2.75, 3.05) is 6.54 Å². The highest BCUT2D eigenvalue weighted by Gasteiger charge is 2.25. The zero-order chi connectivity index (χ0) is 19.7. The van der Waals surface area contributed by atoms with E-state index in [1.165, 1.54) is 6.92 Å². The fraction of sp³-hybridized carbons (Fsp3) is 0.842. The zero-order valence-corrected chi connectivity index (χ0v) is 16.9. The summed E-state index contributed by atoms with van der Waals surface area (Å²) >= 11 is 0. The van der Waals surface area contributed by atoms with Crippen LogP contribution in [0.2, 0.25) is 0 Å². The fourth-order valence-corrected chi connectivity index (χ4v) is 2.14. The first kappa shape index (κ1) is 23.6. The number of carbonyl (C=O) groups is 3. The molecule has 1 atom stereocenters. The second-order valence-corrected chi connectivity index (χ2v) is 8.34. The van der Waals surface area contributed by atoms with Gasteiger partial charge in [-0.3, -0.25) is 14.4 Å². The van der Waals surface area contributed by atoms with Gasteiger partial charge in [0.1, 0.15) is 23.0 Å². The molecule has 0 aliphatic heterocycles. The molecule has 0 amide bonds. The number of ether oxygens (including phenoxy) is 2. The molecule has 6 nitrogen and oxygen atoms in total. The molecule has 0 bridgehead atoms. The van der Waals surface area contributed by atoms with Crippen molar-refractivity contribution in [1.82, 2.24) is 5.32 Å². The third-order valence-electron chi connectivity index (χ3n) is 3.05. The Morgan fingerprint density at radius 3 is 1.92 bits per heavy atom. The Morgan fingerprint density at radius 2 is 1.44 bits per heavy atom. The minimum Gasteiger partial charge on any atom is -0.460 e. The molecule has 0 rings (SSSR count). The van der Waals surface area contributed by atoms with Gasteiger partial charge in [-0.15, -0.1) is 0 Å². The van der Waals surface area contributed by atoms with Crippen molar-refractivity contribution < 1.29 is 23.9 Å². The van der Waals surface area contributed by atoms with Crippen LogP contribution in [0.15, 0.2) is 0 Å². The van der Waals surface area contributed by atoms with Crippen molar-refractivity contribution >= 4 is 17.7 Å². The average molecular weight is 357 g/mol. The minimum atomic E-state index is -0.623. The first-order chi connectivity index (χ1) is 11.3. The lowest BCUT2D eigenvalue weighted by atomic mass is 10.1. The molecule has 0 fully saturated rings. The molecule has 0 saturated carbocycles. The molecule has 0 saturated heterocycles. The molecule has 0 aromatic rings. The number of nitrogens with one attached hydrogen (secondary N) is 1. The quantitative estimate of drug-likeness (QED) is 0.478. The molecule has 0 spiro atoms. The molecule has 0 heterocycles. The lowest BCUT2D eigenvalue weighted by molar-refractivity contribution is -0.158. The van der Waals surface area contributed by atoms with Gasteiger partial charge in [0.25, 0.3) is 0 Å². The number of hydrogen-bond acceptors (Lipinski definition) is 6. The first-order valence-electron chi connectivity index (χ1n) is 8.98. The number of Topliss-reactive ketones (excluding diaryl/α,β-unsaturated/α-hetero) is 1. The third kappa shape index (κ3) is 14.6. The molecule has 0 unspecified atom stereocenters. The van der Waals surface area contributed by atoms with Crippen LogP contribution in [0.1, 0.15) is 80.6 Å². The summed E-state index contributed by atoms with van der Waals surface area (Å²) in [7, 11) is 0. The number of carbonyl (C=O) groups excluding carboxylic acids is 3. The van der Waals surface area contributed by atoms with E-state index in [0.29, 0.717) is 13.0 Å². The maximum Gasteiger partial charge on any atom is 0.324 e. The molecule has 0 radical (unpaired) electrons. The second kappa shape index (κ2) is 10.5. The van der Waals surface area contributed by atoms with E-state index >= 15 is 0 Å². The summed E-state index contributed by atoms with van der Waals surface area (Å²) in [6.07, 6.45) is 2.89. The summed E-state index contributed by atoms with van der Waals surface area (Å²) < 4.78 is 10.6. The SMILES string of the molecule is CC(=O)C[C@H](NCCCCCC(=O)OC(C)(C)C)C(=O)OC(C)(C)C. The van der Waals surface area contributed by atoms with Crippen LogP contribution in [0, 0.1) is 0 Å². The molecule has 6 heteroatoms. The van der Waals surface area contributed by atoms with Crippen LogP contribution >= 0.6 is 0 Å².